The number of sulfonamides is 1. The maximum Gasteiger partial charge on any atom is 0.247 e. The van der Waals surface area contributed by atoms with Crippen molar-refractivity contribution in [3.05, 3.63) is 54.1 Å². The van der Waals surface area contributed by atoms with Gasteiger partial charge in [0.15, 0.2) is 11.6 Å². The topological polar surface area (TPSA) is 86.8 Å². The van der Waals surface area contributed by atoms with E-state index in [1.54, 1.807) is 29.2 Å². The molecule has 0 aliphatic carbocycles. The number of halogens is 2. The normalized spacial score (nSPS) is 15.2. The van der Waals surface area contributed by atoms with Crippen LogP contribution in [0.3, 0.4) is 0 Å². The van der Waals surface area contributed by atoms with E-state index in [4.69, 9.17) is 0 Å². The molecule has 1 saturated heterocycles. The summed E-state index contributed by atoms with van der Waals surface area (Å²) in [4.78, 5) is 26.1. The van der Waals surface area contributed by atoms with E-state index >= 15 is 0 Å². The first-order valence-corrected chi connectivity index (χ1v) is 11.1. The smallest absolute Gasteiger partial charge is 0.247 e. The van der Waals surface area contributed by atoms with Crippen LogP contribution in [0, 0.1) is 11.6 Å². The van der Waals surface area contributed by atoms with E-state index in [0.717, 1.165) is 35.2 Å². The first-order chi connectivity index (χ1) is 14.1. The molecule has 30 heavy (non-hydrogen) atoms. The fraction of sp³-hybridized carbons (Fsp3) is 0.300. The van der Waals surface area contributed by atoms with Crippen LogP contribution in [0.25, 0.3) is 0 Å². The quantitative estimate of drug-likeness (QED) is 0.753. The molecule has 1 N–H and O–H groups in total. The van der Waals surface area contributed by atoms with Crippen molar-refractivity contribution in [1.82, 2.24) is 0 Å². The van der Waals surface area contributed by atoms with Gasteiger partial charge < -0.3 is 10.2 Å². The van der Waals surface area contributed by atoms with Gasteiger partial charge in [0.1, 0.15) is 6.04 Å². The van der Waals surface area contributed by atoms with Gasteiger partial charge in [-0.3, -0.25) is 13.9 Å². The van der Waals surface area contributed by atoms with Crippen molar-refractivity contribution in [2.75, 3.05) is 27.3 Å². The lowest BCUT2D eigenvalue weighted by Gasteiger charge is -2.28. The molecule has 10 heteroatoms. The lowest BCUT2D eigenvalue weighted by molar-refractivity contribution is -0.117. The molecule has 0 unspecified atom stereocenters. The van der Waals surface area contributed by atoms with Gasteiger partial charge in [0.05, 0.1) is 11.9 Å². The zero-order chi connectivity index (χ0) is 22.1. The highest BCUT2D eigenvalue weighted by atomic mass is 32.2. The van der Waals surface area contributed by atoms with Crippen LogP contribution in [0.5, 0.6) is 0 Å². The van der Waals surface area contributed by atoms with Gasteiger partial charge in [-0.25, -0.2) is 17.2 Å². The number of hydrogen-bond acceptors (Lipinski definition) is 4. The van der Waals surface area contributed by atoms with Crippen molar-refractivity contribution in [2.45, 2.75) is 25.8 Å². The average molecular weight is 437 g/mol. The van der Waals surface area contributed by atoms with Gasteiger partial charge in [0.25, 0.3) is 0 Å². The largest absolute Gasteiger partial charge is 0.324 e. The predicted molar refractivity (Wildman–Crippen MR) is 110 cm³/mol. The second-order valence-electron chi connectivity index (χ2n) is 7.02. The van der Waals surface area contributed by atoms with E-state index in [2.05, 4.69) is 5.32 Å². The summed E-state index contributed by atoms with van der Waals surface area (Å²) in [5.41, 5.74) is 0.950. The molecule has 1 aliphatic rings. The van der Waals surface area contributed by atoms with Crippen LogP contribution in [0.1, 0.15) is 19.8 Å². The molecule has 7 nitrogen and oxygen atoms in total. The van der Waals surface area contributed by atoms with Crippen LogP contribution in [0.4, 0.5) is 25.8 Å². The molecule has 0 radical (unpaired) electrons. The third kappa shape index (κ3) is 4.59. The van der Waals surface area contributed by atoms with Gasteiger partial charge in [-0.2, -0.15) is 0 Å². The molecule has 3 rings (SSSR count). The molecule has 1 aliphatic heterocycles. The molecule has 1 heterocycles. The van der Waals surface area contributed by atoms with Gasteiger partial charge in [-0.1, -0.05) is 0 Å². The number of benzene rings is 2. The SMILES string of the molecule is C[C@H](C(=O)Nc1ccc(N2CCCC2=O)cc1)N(c1ccc(F)c(F)c1)S(C)(=O)=O. The minimum absolute atomic E-state index is 0.0377. The zero-order valence-electron chi connectivity index (χ0n) is 16.4. The van der Waals surface area contributed by atoms with Gasteiger partial charge in [0.2, 0.25) is 21.8 Å². The van der Waals surface area contributed by atoms with Crippen LogP contribution >= 0.6 is 0 Å². The number of carbonyl (C=O) groups excluding carboxylic acids is 2. The summed E-state index contributed by atoms with van der Waals surface area (Å²) >= 11 is 0. The van der Waals surface area contributed by atoms with E-state index in [1.807, 2.05) is 0 Å². The van der Waals surface area contributed by atoms with Crippen molar-refractivity contribution < 1.29 is 26.8 Å². The Bertz CT molecular complexity index is 1070. The third-order valence-electron chi connectivity index (χ3n) is 4.77. The fourth-order valence-corrected chi connectivity index (χ4v) is 4.49. The van der Waals surface area contributed by atoms with E-state index in [1.165, 1.54) is 6.92 Å². The van der Waals surface area contributed by atoms with Crippen molar-refractivity contribution in [3.8, 4) is 0 Å². The number of nitrogens with one attached hydrogen (secondary N) is 1. The van der Waals surface area contributed by atoms with Gasteiger partial charge >= 0.3 is 0 Å². The predicted octanol–water partition coefficient (Wildman–Crippen LogP) is 2.88. The Morgan fingerprint density at radius 3 is 2.33 bits per heavy atom. The molecule has 2 aromatic carbocycles. The molecule has 1 fully saturated rings. The second-order valence-corrected chi connectivity index (χ2v) is 8.88. The van der Waals surface area contributed by atoms with E-state index < -0.39 is 33.6 Å². The number of amides is 2. The monoisotopic (exact) mass is 437 g/mol. The maximum absolute atomic E-state index is 13.6. The molecule has 2 aromatic rings. The molecule has 1 atom stereocenters. The Morgan fingerprint density at radius 1 is 1.13 bits per heavy atom. The van der Waals surface area contributed by atoms with Gasteiger partial charge in [-0.05, 0) is 49.7 Å². The van der Waals surface area contributed by atoms with Crippen LogP contribution in [0.2, 0.25) is 0 Å². The lowest BCUT2D eigenvalue weighted by atomic mass is 10.2. The first kappa shape index (κ1) is 21.7. The van der Waals surface area contributed by atoms with Crippen molar-refractivity contribution in [3.63, 3.8) is 0 Å². The van der Waals surface area contributed by atoms with Crippen LogP contribution in [-0.4, -0.2) is 39.1 Å². The summed E-state index contributed by atoms with van der Waals surface area (Å²) < 4.78 is 52.0. The lowest BCUT2D eigenvalue weighted by Crippen LogP contribution is -2.45. The summed E-state index contributed by atoms with van der Waals surface area (Å²) in [5, 5.41) is 2.60. The minimum atomic E-state index is -3.97. The van der Waals surface area contributed by atoms with Crippen molar-refractivity contribution in [2.24, 2.45) is 0 Å². The highest BCUT2D eigenvalue weighted by Gasteiger charge is 2.30. The molecule has 160 valence electrons. The number of carbonyl (C=O) groups is 2. The van der Waals surface area contributed by atoms with Crippen molar-refractivity contribution >= 4 is 38.9 Å². The van der Waals surface area contributed by atoms with Crippen LogP contribution < -0.4 is 14.5 Å². The summed E-state index contributed by atoms with van der Waals surface area (Å²) in [7, 11) is -3.97. The molecular weight excluding hydrogens is 416 g/mol. The second kappa shape index (κ2) is 8.39. The number of nitrogens with zero attached hydrogens (tertiary/aromatic N) is 2. The molecule has 0 bridgehead atoms. The summed E-state index contributed by atoms with van der Waals surface area (Å²) in [6.07, 6.45) is 2.17. The zero-order valence-corrected chi connectivity index (χ0v) is 17.2. The Hall–Kier alpha value is -3.01. The Labute approximate surface area is 173 Å². The van der Waals surface area contributed by atoms with E-state index in [9.17, 15) is 26.8 Å². The van der Waals surface area contributed by atoms with Crippen molar-refractivity contribution in [1.29, 1.82) is 0 Å². The molecule has 0 aromatic heterocycles. The number of hydrogen-bond donors (Lipinski definition) is 1. The van der Waals surface area contributed by atoms with Crippen LogP contribution in [0.15, 0.2) is 42.5 Å². The molecule has 0 spiro atoms. The Morgan fingerprint density at radius 2 is 1.80 bits per heavy atom. The highest BCUT2D eigenvalue weighted by molar-refractivity contribution is 7.92. The number of anilines is 3. The maximum atomic E-state index is 13.6. The molecule has 2 amide bonds. The summed E-state index contributed by atoms with van der Waals surface area (Å²) in [6.45, 7) is 1.98. The van der Waals surface area contributed by atoms with Gasteiger partial charge in [-0.15, -0.1) is 0 Å². The summed E-state index contributed by atoms with van der Waals surface area (Å²) in [6, 6.07) is 7.96. The molecule has 0 saturated carbocycles. The summed E-state index contributed by atoms with van der Waals surface area (Å²) in [5.74, 6) is -2.97. The first-order valence-electron chi connectivity index (χ1n) is 9.23. The van der Waals surface area contributed by atoms with E-state index in [-0.39, 0.29) is 11.6 Å². The highest BCUT2D eigenvalue weighted by Crippen LogP contribution is 2.25. The Kier molecular flexibility index (Phi) is 6.06. The molecular formula is C20H21F2N3O4S. The van der Waals surface area contributed by atoms with Gasteiger partial charge in [0, 0.05) is 30.4 Å². The number of rotatable bonds is 6. The Balaban J connectivity index is 1.78. The standard InChI is InChI=1S/C20H21F2N3O4S/c1-13(25(30(2,28)29)16-9-10-17(21)18(22)12-16)20(27)23-14-5-7-15(8-6-14)24-11-3-4-19(24)26/h5-10,12-13H,3-4,11H2,1-2H3,(H,23,27)/t13-/m1/s1. The minimum Gasteiger partial charge on any atom is -0.324 e. The average Bonchev–Trinajstić information content (AvgIpc) is 3.10. The fourth-order valence-electron chi connectivity index (χ4n) is 3.32. The third-order valence-corrected chi connectivity index (χ3v) is 6.01. The van der Waals surface area contributed by atoms with Crippen LogP contribution in [-0.2, 0) is 19.6 Å². The van der Waals surface area contributed by atoms with E-state index in [0.29, 0.717) is 24.3 Å².